The van der Waals surface area contributed by atoms with E-state index in [2.05, 4.69) is 15.3 Å². The lowest BCUT2D eigenvalue weighted by Crippen LogP contribution is -2.42. The van der Waals surface area contributed by atoms with Gasteiger partial charge in [0.05, 0.1) is 11.6 Å². The predicted molar refractivity (Wildman–Crippen MR) is 180 cm³/mol. The van der Waals surface area contributed by atoms with Gasteiger partial charge in [0.2, 0.25) is 5.88 Å². The number of carboxylic acid groups (broad SMARTS) is 1. The average Bonchev–Trinajstić information content (AvgIpc) is 2.98. The van der Waals surface area contributed by atoms with Crippen LogP contribution in [-0.2, 0) is 9.47 Å². The third-order valence-corrected chi connectivity index (χ3v) is 7.51. The van der Waals surface area contributed by atoms with Gasteiger partial charge in [0.1, 0.15) is 35.1 Å². The molecule has 48 heavy (non-hydrogen) atoms. The Bertz CT molecular complexity index is 1670. The smallest absolute Gasteiger partial charge is 0.415 e. The van der Waals surface area contributed by atoms with E-state index in [1.54, 1.807) is 32.6 Å². The van der Waals surface area contributed by atoms with Crippen LogP contribution in [0, 0.1) is 12.7 Å². The molecule has 0 saturated carbocycles. The number of ether oxygens (including phenoxy) is 3. The molecule has 3 amide bonds. The van der Waals surface area contributed by atoms with Crippen molar-refractivity contribution in [1.82, 2.24) is 14.9 Å². The van der Waals surface area contributed by atoms with Crippen molar-refractivity contribution in [3.63, 3.8) is 0 Å². The van der Waals surface area contributed by atoms with E-state index in [0.717, 1.165) is 25.9 Å². The minimum Gasteiger partial charge on any atom is -0.474 e. The lowest BCUT2D eigenvalue weighted by Gasteiger charge is -2.32. The molecular formula is C33H42ClF2N5O7. The number of halogens is 3. The SMILES string of the molecule is CC(C)(C)OC(=O)N1CCCCC1.Cc1c(-c2cc3cc(NC(=O)O)ncc3c(Cl)c2F)cnc2c1N(C(=O)OC(C)(C)C)CCO2.F. The molecule has 0 unspecified atom stereocenters. The molecule has 2 aliphatic heterocycles. The van der Waals surface area contributed by atoms with Gasteiger partial charge in [0.15, 0.2) is 0 Å². The molecule has 4 heterocycles. The van der Waals surface area contributed by atoms with Crippen LogP contribution in [0.15, 0.2) is 24.5 Å². The molecule has 0 radical (unpaired) electrons. The zero-order valence-electron chi connectivity index (χ0n) is 28.1. The maximum atomic E-state index is 15.4. The molecule has 2 aliphatic rings. The average molecular weight is 694 g/mol. The summed E-state index contributed by atoms with van der Waals surface area (Å²) in [5, 5.41) is 11.7. The number of rotatable bonds is 2. The number of aromatic nitrogens is 2. The first-order chi connectivity index (χ1) is 21.9. The van der Waals surface area contributed by atoms with Crippen LogP contribution in [0.1, 0.15) is 66.4 Å². The zero-order valence-corrected chi connectivity index (χ0v) is 28.9. The number of nitrogens with one attached hydrogen (secondary N) is 1. The normalized spacial score (nSPS) is 14.4. The number of likely N-dealkylation sites (tertiary alicyclic amines) is 1. The Hall–Kier alpha value is -4.46. The van der Waals surface area contributed by atoms with Crippen LogP contribution in [-0.4, -0.2) is 75.7 Å². The fraction of sp³-hybridized carbons (Fsp3) is 0.485. The highest BCUT2D eigenvalue weighted by molar-refractivity contribution is 6.36. The monoisotopic (exact) mass is 693 g/mol. The van der Waals surface area contributed by atoms with Crippen LogP contribution < -0.4 is 15.0 Å². The van der Waals surface area contributed by atoms with Crippen molar-refractivity contribution in [2.45, 2.75) is 78.9 Å². The van der Waals surface area contributed by atoms with Crippen LogP contribution in [0.2, 0.25) is 5.02 Å². The third kappa shape index (κ3) is 9.33. The van der Waals surface area contributed by atoms with E-state index < -0.39 is 23.6 Å². The Kier molecular flexibility index (Phi) is 12.0. The van der Waals surface area contributed by atoms with Crippen molar-refractivity contribution in [3.05, 3.63) is 40.9 Å². The minimum atomic E-state index is -1.28. The number of nitrogens with zero attached hydrogens (tertiary/aromatic N) is 4. The van der Waals surface area contributed by atoms with Gasteiger partial charge in [-0.3, -0.25) is 14.9 Å². The molecule has 1 fully saturated rings. The number of carbonyl (C=O) groups excluding carboxylic acids is 2. The highest BCUT2D eigenvalue weighted by Gasteiger charge is 2.32. The van der Waals surface area contributed by atoms with Crippen LogP contribution in [0.3, 0.4) is 0 Å². The van der Waals surface area contributed by atoms with E-state index >= 15 is 4.39 Å². The second-order valence-electron chi connectivity index (χ2n) is 13.2. The number of pyridine rings is 2. The fourth-order valence-electron chi connectivity index (χ4n) is 5.12. The number of piperidine rings is 1. The molecule has 0 spiro atoms. The van der Waals surface area contributed by atoms with Crippen molar-refractivity contribution in [3.8, 4) is 17.0 Å². The lowest BCUT2D eigenvalue weighted by molar-refractivity contribution is 0.0215. The number of benzene rings is 1. The standard InChI is InChI=1S/C23H22ClFN4O5.C10H19NO2.FH/c1-11-14(9-27-20-19(11)29(5-6-33-20)22(32)34-23(2,3)4)13-7-12-8-16(28-21(30)31)26-10-15(12)17(24)18(13)25;1-10(2,3)13-9(12)11-7-5-4-6-8-11;/h7-10H,5-6H2,1-4H3,(H,26,28)(H,30,31);4-8H2,1-3H3;1H. The zero-order chi connectivity index (χ0) is 34.7. The van der Waals surface area contributed by atoms with Crippen molar-refractivity contribution in [2.24, 2.45) is 0 Å². The summed E-state index contributed by atoms with van der Waals surface area (Å²) in [7, 11) is 0. The van der Waals surface area contributed by atoms with E-state index in [1.807, 2.05) is 20.8 Å². The summed E-state index contributed by atoms with van der Waals surface area (Å²) in [5.74, 6) is -0.387. The van der Waals surface area contributed by atoms with Gasteiger partial charge in [-0.1, -0.05) is 11.6 Å². The van der Waals surface area contributed by atoms with E-state index in [-0.39, 0.29) is 51.8 Å². The summed E-state index contributed by atoms with van der Waals surface area (Å²) < 4.78 is 31.8. The highest BCUT2D eigenvalue weighted by atomic mass is 35.5. The Morgan fingerprint density at radius 3 is 2.17 bits per heavy atom. The maximum absolute atomic E-state index is 15.4. The molecule has 1 aromatic carbocycles. The summed E-state index contributed by atoms with van der Waals surface area (Å²) >= 11 is 6.31. The number of carbonyl (C=O) groups is 3. The van der Waals surface area contributed by atoms with E-state index in [1.165, 1.54) is 35.8 Å². The van der Waals surface area contributed by atoms with Gasteiger partial charge in [0.25, 0.3) is 0 Å². The summed E-state index contributed by atoms with van der Waals surface area (Å²) in [6, 6.07) is 2.98. The molecular weight excluding hydrogens is 652 g/mol. The molecule has 0 bridgehead atoms. The summed E-state index contributed by atoms with van der Waals surface area (Å²) in [4.78, 5) is 46.8. The van der Waals surface area contributed by atoms with Gasteiger partial charge >= 0.3 is 18.3 Å². The molecule has 15 heteroatoms. The molecule has 1 saturated heterocycles. The molecule has 2 aromatic heterocycles. The van der Waals surface area contributed by atoms with E-state index in [9.17, 15) is 14.4 Å². The number of amides is 3. The maximum Gasteiger partial charge on any atom is 0.415 e. The number of hydrogen-bond acceptors (Lipinski definition) is 8. The van der Waals surface area contributed by atoms with Crippen molar-refractivity contribution in [1.29, 1.82) is 0 Å². The molecule has 5 rings (SSSR count). The first-order valence-corrected chi connectivity index (χ1v) is 15.7. The molecule has 0 atom stereocenters. The van der Waals surface area contributed by atoms with Gasteiger partial charge < -0.3 is 24.2 Å². The van der Waals surface area contributed by atoms with Gasteiger partial charge in [-0.25, -0.2) is 28.7 Å². The highest BCUT2D eigenvalue weighted by Crippen LogP contribution is 2.42. The molecule has 2 N–H and O–H groups in total. The van der Waals surface area contributed by atoms with Gasteiger partial charge in [-0.2, -0.15) is 0 Å². The Morgan fingerprint density at radius 1 is 0.938 bits per heavy atom. The topological polar surface area (TPSA) is 143 Å². The van der Waals surface area contributed by atoms with Gasteiger partial charge in [-0.15, -0.1) is 0 Å². The second kappa shape index (κ2) is 15.2. The summed E-state index contributed by atoms with van der Waals surface area (Å²) in [6.45, 7) is 14.9. The molecule has 3 aromatic rings. The lowest BCUT2D eigenvalue weighted by atomic mass is 9.97. The quantitative estimate of drug-likeness (QED) is 0.272. The van der Waals surface area contributed by atoms with Crippen LogP contribution in [0.4, 0.5) is 35.0 Å². The summed E-state index contributed by atoms with van der Waals surface area (Å²) in [6.07, 6.45) is 4.20. The first-order valence-electron chi connectivity index (χ1n) is 15.3. The third-order valence-electron chi connectivity index (χ3n) is 7.14. The van der Waals surface area contributed by atoms with Crippen LogP contribution in [0.25, 0.3) is 21.9 Å². The number of fused-ring (bicyclic) bond motifs is 2. The first kappa shape index (κ1) is 38.0. The largest absolute Gasteiger partial charge is 0.474 e. The van der Waals surface area contributed by atoms with E-state index in [0.29, 0.717) is 27.6 Å². The Labute approximate surface area is 282 Å². The van der Waals surface area contributed by atoms with Crippen molar-refractivity contribution < 1.29 is 42.8 Å². The van der Waals surface area contributed by atoms with Crippen molar-refractivity contribution in [2.75, 3.05) is 36.5 Å². The minimum absolute atomic E-state index is 0. The Balaban J connectivity index is 0.000000377. The number of hydrogen-bond donors (Lipinski definition) is 2. The second-order valence-corrected chi connectivity index (χ2v) is 13.6. The number of anilines is 2. The molecule has 262 valence electrons. The van der Waals surface area contributed by atoms with Gasteiger partial charge in [-0.05, 0) is 90.8 Å². The Morgan fingerprint density at radius 2 is 1.56 bits per heavy atom. The molecule has 12 nitrogen and oxygen atoms in total. The van der Waals surface area contributed by atoms with Crippen molar-refractivity contribution >= 4 is 52.2 Å². The fourth-order valence-corrected chi connectivity index (χ4v) is 5.37. The molecule has 0 aliphatic carbocycles. The van der Waals surface area contributed by atoms with E-state index in [4.69, 9.17) is 30.9 Å². The van der Waals surface area contributed by atoms with Gasteiger partial charge in [0, 0.05) is 42.0 Å². The van der Waals surface area contributed by atoms with Crippen LogP contribution in [0.5, 0.6) is 5.88 Å². The van der Waals surface area contributed by atoms with Crippen LogP contribution >= 0.6 is 11.6 Å². The summed E-state index contributed by atoms with van der Waals surface area (Å²) in [5.41, 5.74) is 0.382. The predicted octanol–water partition coefficient (Wildman–Crippen LogP) is 8.18.